The monoisotopic (exact) mass is 415 g/mol. The molecule has 0 aliphatic carbocycles. The average Bonchev–Trinajstić information content (AvgIpc) is 2.76. The summed E-state index contributed by atoms with van der Waals surface area (Å²) in [5.74, 6) is -0.00166. The lowest BCUT2D eigenvalue weighted by molar-refractivity contribution is -0.137. The van der Waals surface area contributed by atoms with Gasteiger partial charge in [-0.2, -0.15) is 0 Å². The number of nitrogens with one attached hydrogen (secondary N) is 1. The van der Waals surface area contributed by atoms with E-state index in [4.69, 9.17) is 11.6 Å². The molecule has 2 aromatic rings. The van der Waals surface area contributed by atoms with E-state index in [0.717, 1.165) is 42.3 Å². The van der Waals surface area contributed by atoms with Gasteiger partial charge in [0.25, 0.3) is 0 Å². The van der Waals surface area contributed by atoms with Crippen molar-refractivity contribution in [1.29, 1.82) is 0 Å². The topological polar surface area (TPSA) is 35.6 Å². The standard InChI is InChI=1S/C23H27ClFN3O/c1-16-2-5-18(24)14-22(16)27-10-12-28(13-11-27)23(29)21-15-26-9-8-20(21)17-3-6-19(25)7-4-17/h2-7,14,20-21,26H,8-13,15H2,1H3/t20-,21-/m1/s1. The molecule has 2 aliphatic heterocycles. The zero-order valence-corrected chi connectivity index (χ0v) is 17.5. The molecule has 0 bridgehead atoms. The van der Waals surface area contributed by atoms with Crippen LogP contribution < -0.4 is 10.2 Å². The third-order valence-corrected chi connectivity index (χ3v) is 6.44. The van der Waals surface area contributed by atoms with Gasteiger partial charge in [-0.05, 0) is 61.2 Å². The number of nitrogens with zero attached hydrogens (tertiary/aromatic N) is 2. The van der Waals surface area contributed by atoms with Gasteiger partial charge in [0.15, 0.2) is 0 Å². The Balaban J connectivity index is 1.44. The van der Waals surface area contributed by atoms with Crippen LogP contribution >= 0.6 is 11.6 Å². The summed E-state index contributed by atoms with van der Waals surface area (Å²) >= 11 is 6.18. The Hall–Kier alpha value is -2.11. The van der Waals surface area contributed by atoms with Crippen LogP contribution in [0.4, 0.5) is 10.1 Å². The molecule has 0 unspecified atom stereocenters. The highest BCUT2D eigenvalue weighted by Crippen LogP contribution is 2.32. The number of rotatable bonds is 3. The number of benzene rings is 2. The van der Waals surface area contributed by atoms with Crippen LogP contribution in [0, 0.1) is 18.7 Å². The first kappa shape index (κ1) is 20.2. The zero-order chi connectivity index (χ0) is 20.4. The van der Waals surface area contributed by atoms with Gasteiger partial charge in [-0.3, -0.25) is 4.79 Å². The van der Waals surface area contributed by atoms with Gasteiger partial charge in [0, 0.05) is 43.4 Å². The molecule has 0 saturated carbocycles. The minimum Gasteiger partial charge on any atom is -0.368 e. The third-order valence-electron chi connectivity index (χ3n) is 6.20. The van der Waals surface area contributed by atoms with Crippen LogP contribution in [0.5, 0.6) is 0 Å². The normalized spacial score (nSPS) is 22.6. The highest BCUT2D eigenvalue weighted by atomic mass is 35.5. The first-order valence-corrected chi connectivity index (χ1v) is 10.7. The largest absolute Gasteiger partial charge is 0.368 e. The number of halogens is 2. The van der Waals surface area contributed by atoms with E-state index in [1.807, 2.05) is 35.2 Å². The quantitative estimate of drug-likeness (QED) is 0.827. The number of piperidine rings is 1. The van der Waals surface area contributed by atoms with Gasteiger partial charge in [0.1, 0.15) is 5.82 Å². The Bertz CT molecular complexity index is 865. The first-order chi connectivity index (χ1) is 14.0. The number of hydrogen-bond donors (Lipinski definition) is 1. The minimum absolute atomic E-state index is 0.103. The molecule has 0 radical (unpaired) electrons. The number of amides is 1. The maximum atomic E-state index is 13.3. The van der Waals surface area contributed by atoms with E-state index < -0.39 is 0 Å². The van der Waals surface area contributed by atoms with Crippen LogP contribution in [-0.2, 0) is 4.79 Å². The van der Waals surface area contributed by atoms with Crippen molar-refractivity contribution in [2.45, 2.75) is 19.3 Å². The number of piperazine rings is 1. The molecule has 2 atom stereocenters. The second-order valence-corrected chi connectivity index (χ2v) is 8.44. The van der Waals surface area contributed by atoms with Crippen molar-refractivity contribution in [1.82, 2.24) is 10.2 Å². The van der Waals surface area contributed by atoms with Gasteiger partial charge in [-0.25, -0.2) is 4.39 Å². The van der Waals surface area contributed by atoms with E-state index in [0.29, 0.717) is 19.6 Å². The number of anilines is 1. The van der Waals surface area contributed by atoms with Gasteiger partial charge >= 0.3 is 0 Å². The molecule has 2 aromatic carbocycles. The molecule has 0 aromatic heterocycles. The molecular weight excluding hydrogens is 389 g/mol. The molecule has 0 spiro atoms. The number of aryl methyl sites for hydroxylation is 1. The third kappa shape index (κ3) is 4.41. The Morgan fingerprint density at radius 2 is 1.83 bits per heavy atom. The molecular formula is C23H27ClFN3O. The second kappa shape index (κ2) is 8.72. The Morgan fingerprint density at radius 1 is 1.10 bits per heavy atom. The SMILES string of the molecule is Cc1ccc(Cl)cc1N1CCN(C(=O)[C@@H]2CNCC[C@@H]2c2ccc(F)cc2)CC1. The van der Waals surface area contributed by atoms with E-state index in [-0.39, 0.29) is 23.6 Å². The fourth-order valence-corrected chi connectivity index (χ4v) is 4.72. The van der Waals surface area contributed by atoms with Gasteiger partial charge in [-0.15, -0.1) is 0 Å². The highest BCUT2D eigenvalue weighted by molar-refractivity contribution is 6.30. The number of carbonyl (C=O) groups is 1. The van der Waals surface area contributed by atoms with E-state index in [1.54, 1.807) is 0 Å². The fourth-order valence-electron chi connectivity index (χ4n) is 4.55. The summed E-state index contributed by atoms with van der Waals surface area (Å²) in [6.07, 6.45) is 0.893. The molecule has 2 fully saturated rings. The second-order valence-electron chi connectivity index (χ2n) is 8.00. The molecule has 2 aliphatic rings. The molecule has 2 saturated heterocycles. The van der Waals surface area contributed by atoms with Gasteiger partial charge in [0.05, 0.1) is 5.92 Å². The van der Waals surface area contributed by atoms with Crippen LogP contribution in [0.15, 0.2) is 42.5 Å². The predicted molar refractivity (Wildman–Crippen MR) is 115 cm³/mol. The summed E-state index contributed by atoms with van der Waals surface area (Å²) in [7, 11) is 0. The molecule has 4 nitrogen and oxygen atoms in total. The van der Waals surface area contributed by atoms with Crippen LogP contribution in [0.3, 0.4) is 0 Å². The van der Waals surface area contributed by atoms with Crippen molar-refractivity contribution in [3.05, 3.63) is 64.4 Å². The molecule has 154 valence electrons. The van der Waals surface area contributed by atoms with E-state index in [9.17, 15) is 9.18 Å². The van der Waals surface area contributed by atoms with Gasteiger partial charge in [0.2, 0.25) is 5.91 Å². The lowest BCUT2D eigenvalue weighted by Gasteiger charge is -2.40. The molecule has 6 heteroatoms. The van der Waals surface area contributed by atoms with Crippen molar-refractivity contribution in [2.24, 2.45) is 5.92 Å². The summed E-state index contributed by atoms with van der Waals surface area (Å²) in [5, 5.41) is 4.10. The molecule has 1 N–H and O–H groups in total. The van der Waals surface area contributed by atoms with Crippen molar-refractivity contribution >= 4 is 23.2 Å². The first-order valence-electron chi connectivity index (χ1n) is 10.3. The van der Waals surface area contributed by atoms with Crippen molar-refractivity contribution in [3.63, 3.8) is 0 Å². The Labute approximate surface area is 176 Å². The molecule has 4 rings (SSSR count). The average molecular weight is 416 g/mol. The summed E-state index contributed by atoms with van der Waals surface area (Å²) in [4.78, 5) is 17.6. The smallest absolute Gasteiger partial charge is 0.227 e. The molecule has 2 heterocycles. The van der Waals surface area contributed by atoms with Crippen LogP contribution in [0.25, 0.3) is 0 Å². The summed E-state index contributed by atoms with van der Waals surface area (Å²) in [6.45, 7) is 6.66. The van der Waals surface area contributed by atoms with Crippen LogP contribution in [0.2, 0.25) is 5.02 Å². The Kier molecular flexibility index (Phi) is 6.07. The summed E-state index contributed by atoms with van der Waals surface area (Å²) in [5.41, 5.74) is 3.40. The Morgan fingerprint density at radius 3 is 2.55 bits per heavy atom. The van der Waals surface area contributed by atoms with E-state index >= 15 is 0 Å². The summed E-state index contributed by atoms with van der Waals surface area (Å²) < 4.78 is 13.3. The maximum absolute atomic E-state index is 13.3. The minimum atomic E-state index is -0.238. The molecule has 1 amide bonds. The van der Waals surface area contributed by atoms with Crippen molar-refractivity contribution < 1.29 is 9.18 Å². The lowest BCUT2D eigenvalue weighted by atomic mass is 9.80. The number of hydrogen-bond acceptors (Lipinski definition) is 3. The van der Waals surface area contributed by atoms with Crippen LogP contribution in [-0.4, -0.2) is 50.1 Å². The van der Waals surface area contributed by atoms with Crippen molar-refractivity contribution in [3.8, 4) is 0 Å². The predicted octanol–water partition coefficient (Wildman–Crippen LogP) is 3.83. The van der Waals surface area contributed by atoms with E-state index in [2.05, 4.69) is 17.1 Å². The molecule has 29 heavy (non-hydrogen) atoms. The fraction of sp³-hybridized carbons (Fsp3) is 0.435. The van der Waals surface area contributed by atoms with Crippen LogP contribution in [0.1, 0.15) is 23.5 Å². The maximum Gasteiger partial charge on any atom is 0.227 e. The van der Waals surface area contributed by atoms with Crippen molar-refractivity contribution in [2.75, 3.05) is 44.2 Å². The highest BCUT2D eigenvalue weighted by Gasteiger charge is 2.35. The lowest BCUT2D eigenvalue weighted by Crippen LogP contribution is -2.53. The van der Waals surface area contributed by atoms with E-state index in [1.165, 1.54) is 17.7 Å². The van der Waals surface area contributed by atoms with Gasteiger partial charge < -0.3 is 15.1 Å². The van der Waals surface area contributed by atoms with Gasteiger partial charge in [-0.1, -0.05) is 29.8 Å². The summed E-state index contributed by atoms with van der Waals surface area (Å²) in [6, 6.07) is 12.6. The zero-order valence-electron chi connectivity index (χ0n) is 16.7. The number of carbonyl (C=O) groups excluding carboxylic acids is 1.